The summed E-state index contributed by atoms with van der Waals surface area (Å²) in [5.41, 5.74) is 12.0. The Bertz CT molecular complexity index is 475. The van der Waals surface area contributed by atoms with E-state index in [1.165, 1.54) is 25.5 Å². The fraction of sp³-hybridized carbons (Fsp3) is 0.692. The molecule has 0 radical (unpaired) electrons. The van der Waals surface area contributed by atoms with Crippen molar-refractivity contribution in [1.29, 1.82) is 0 Å². The molecule has 2 unspecified atom stereocenters. The van der Waals surface area contributed by atoms with E-state index in [1.807, 2.05) is 6.08 Å². The van der Waals surface area contributed by atoms with Crippen LogP contribution >= 0.6 is 0 Å². The molecule has 2 rings (SSSR count). The molecule has 4 nitrogen and oxygen atoms in total. The van der Waals surface area contributed by atoms with E-state index in [0.29, 0.717) is 5.92 Å². The minimum Gasteiger partial charge on any atom is -0.323 e. The summed E-state index contributed by atoms with van der Waals surface area (Å²) in [5.74, 6) is 0.356. The molecule has 1 saturated carbocycles. The van der Waals surface area contributed by atoms with Gasteiger partial charge in [0.15, 0.2) is 9.84 Å². The highest BCUT2D eigenvalue weighted by Gasteiger charge is 2.40. The van der Waals surface area contributed by atoms with Crippen molar-refractivity contribution in [3.05, 3.63) is 23.1 Å². The largest absolute Gasteiger partial charge is 0.323 e. The fourth-order valence-corrected chi connectivity index (χ4v) is 3.68. The zero-order chi connectivity index (χ0) is 13.4. The second-order valence-corrected chi connectivity index (χ2v) is 7.55. The molecule has 0 heterocycles. The van der Waals surface area contributed by atoms with E-state index in [0.717, 1.165) is 12.8 Å². The molecular formula is C13H22N2O2S. The van der Waals surface area contributed by atoms with Crippen LogP contribution in [0.25, 0.3) is 0 Å². The molecule has 0 spiro atoms. The van der Waals surface area contributed by atoms with Crippen LogP contribution < -0.4 is 11.5 Å². The lowest BCUT2D eigenvalue weighted by molar-refractivity contribution is 0.231. The van der Waals surface area contributed by atoms with E-state index in [4.69, 9.17) is 11.5 Å². The monoisotopic (exact) mass is 270 g/mol. The average molecular weight is 270 g/mol. The third-order valence-electron chi connectivity index (χ3n) is 4.20. The van der Waals surface area contributed by atoms with Gasteiger partial charge in [-0.3, -0.25) is 0 Å². The van der Waals surface area contributed by atoms with Crippen molar-refractivity contribution in [2.45, 2.75) is 43.7 Å². The predicted octanol–water partition coefficient (Wildman–Crippen LogP) is 1.09. The van der Waals surface area contributed by atoms with Gasteiger partial charge in [-0.1, -0.05) is 25.3 Å². The van der Waals surface area contributed by atoms with E-state index >= 15 is 0 Å². The second kappa shape index (κ2) is 4.79. The average Bonchev–Trinajstić information content (AvgIpc) is 2.32. The van der Waals surface area contributed by atoms with Gasteiger partial charge in [0.2, 0.25) is 0 Å². The standard InChI is InChI=1S/C13H22N2O2S/c1-18(16,17)11-7-8-13(15,12(14)9-11)10-5-3-2-4-6-10/h7-10,12H,2-6,14-15H2,1H3. The van der Waals surface area contributed by atoms with Crippen LogP contribution in [-0.2, 0) is 9.84 Å². The van der Waals surface area contributed by atoms with E-state index in [-0.39, 0.29) is 4.91 Å². The lowest BCUT2D eigenvalue weighted by Gasteiger charge is -2.42. The summed E-state index contributed by atoms with van der Waals surface area (Å²) in [5, 5.41) is 0. The van der Waals surface area contributed by atoms with E-state index in [9.17, 15) is 8.42 Å². The molecule has 0 aliphatic heterocycles. The zero-order valence-corrected chi connectivity index (χ0v) is 11.6. The summed E-state index contributed by atoms with van der Waals surface area (Å²) in [6.45, 7) is 0. The zero-order valence-electron chi connectivity index (χ0n) is 10.8. The maximum Gasteiger partial charge on any atom is 0.175 e. The molecule has 4 N–H and O–H groups in total. The normalized spacial score (nSPS) is 34.4. The van der Waals surface area contributed by atoms with Crippen molar-refractivity contribution >= 4 is 9.84 Å². The third-order valence-corrected chi connectivity index (χ3v) is 5.33. The highest BCUT2D eigenvalue weighted by Crippen LogP contribution is 2.36. The van der Waals surface area contributed by atoms with Gasteiger partial charge in [-0.15, -0.1) is 0 Å². The first kappa shape index (κ1) is 13.8. The van der Waals surface area contributed by atoms with Gasteiger partial charge in [0.1, 0.15) is 0 Å². The smallest absolute Gasteiger partial charge is 0.175 e. The first-order valence-corrected chi connectivity index (χ1v) is 8.39. The van der Waals surface area contributed by atoms with Crippen molar-refractivity contribution < 1.29 is 8.42 Å². The molecule has 0 aromatic heterocycles. The van der Waals surface area contributed by atoms with Crippen LogP contribution in [0.1, 0.15) is 32.1 Å². The third kappa shape index (κ3) is 2.53. The van der Waals surface area contributed by atoms with Gasteiger partial charge in [-0.2, -0.15) is 0 Å². The molecule has 2 aliphatic rings. The summed E-state index contributed by atoms with van der Waals surface area (Å²) in [7, 11) is -3.20. The van der Waals surface area contributed by atoms with Gasteiger partial charge < -0.3 is 11.5 Å². The van der Waals surface area contributed by atoms with Crippen LogP contribution in [0.4, 0.5) is 0 Å². The maximum atomic E-state index is 11.5. The number of allylic oxidation sites excluding steroid dienone is 1. The van der Waals surface area contributed by atoms with Crippen molar-refractivity contribution in [2.75, 3.05) is 6.26 Å². The molecular weight excluding hydrogens is 248 g/mol. The van der Waals surface area contributed by atoms with Crippen molar-refractivity contribution in [3.63, 3.8) is 0 Å². The molecule has 0 bridgehead atoms. The number of rotatable bonds is 2. The minimum atomic E-state index is -3.20. The van der Waals surface area contributed by atoms with E-state index in [2.05, 4.69) is 0 Å². The number of hydrogen-bond donors (Lipinski definition) is 2. The molecule has 0 amide bonds. The van der Waals surface area contributed by atoms with Crippen LogP contribution in [0.5, 0.6) is 0 Å². The van der Waals surface area contributed by atoms with Gasteiger partial charge in [0.05, 0.1) is 10.4 Å². The van der Waals surface area contributed by atoms with E-state index in [1.54, 1.807) is 12.2 Å². The van der Waals surface area contributed by atoms with Crippen LogP contribution in [-0.4, -0.2) is 26.3 Å². The Morgan fingerprint density at radius 1 is 1.28 bits per heavy atom. The SMILES string of the molecule is CS(=O)(=O)C1=CC(N)C(N)(C2CCCCC2)C=C1. The molecule has 2 atom stereocenters. The Morgan fingerprint density at radius 3 is 2.39 bits per heavy atom. The summed E-state index contributed by atoms with van der Waals surface area (Å²) in [6.07, 6.45) is 12.0. The van der Waals surface area contributed by atoms with Crippen molar-refractivity contribution in [2.24, 2.45) is 17.4 Å². The lowest BCUT2D eigenvalue weighted by atomic mass is 9.70. The fourth-order valence-electron chi connectivity index (χ4n) is 2.97. The Labute approximate surface area is 109 Å². The molecule has 0 aromatic rings. The summed E-state index contributed by atoms with van der Waals surface area (Å²) in [6, 6.07) is -0.421. The number of sulfone groups is 1. The Hall–Kier alpha value is -0.650. The highest BCUT2D eigenvalue weighted by molar-refractivity contribution is 7.94. The van der Waals surface area contributed by atoms with Gasteiger partial charge in [-0.05, 0) is 30.9 Å². The van der Waals surface area contributed by atoms with Crippen molar-refractivity contribution in [3.8, 4) is 0 Å². The molecule has 0 aromatic carbocycles. The van der Waals surface area contributed by atoms with Gasteiger partial charge in [0, 0.05) is 12.3 Å². The van der Waals surface area contributed by atoms with Crippen molar-refractivity contribution in [1.82, 2.24) is 0 Å². The minimum absolute atomic E-state index is 0.284. The summed E-state index contributed by atoms with van der Waals surface area (Å²) >= 11 is 0. The first-order valence-electron chi connectivity index (χ1n) is 6.49. The van der Waals surface area contributed by atoms with Crippen LogP contribution in [0, 0.1) is 5.92 Å². The molecule has 2 aliphatic carbocycles. The molecule has 0 saturated heterocycles. The van der Waals surface area contributed by atoms with Gasteiger partial charge in [0.25, 0.3) is 0 Å². The predicted molar refractivity (Wildman–Crippen MR) is 73.5 cm³/mol. The first-order chi connectivity index (χ1) is 8.34. The number of nitrogens with two attached hydrogens (primary N) is 2. The summed E-state index contributed by atoms with van der Waals surface area (Å²) < 4.78 is 23.0. The Kier molecular flexibility index (Phi) is 3.67. The van der Waals surface area contributed by atoms with Gasteiger partial charge in [-0.25, -0.2) is 8.42 Å². The highest BCUT2D eigenvalue weighted by atomic mass is 32.2. The maximum absolute atomic E-state index is 11.5. The van der Waals surface area contributed by atoms with Crippen LogP contribution in [0.3, 0.4) is 0 Å². The Morgan fingerprint density at radius 2 is 1.89 bits per heavy atom. The number of hydrogen-bond acceptors (Lipinski definition) is 4. The topological polar surface area (TPSA) is 86.2 Å². The van der Waals surface area contributed by atoms with Crippen LogP contribution in [0.15, 0.2) is 23.1 Å². The molecule has 102 valence electrons. The van der Waals surface area contributed by atoms with Crippen LogP contribution in [0.2, 0.25) is 0 Å². The quantitative estimate of drug-likeness (QED) is 0.786. The lowest BCUT2D eigenvalue weighted by Crippen LogP contribution is -2.59. The Balaban J connectivity index is 2.23. The van der Waals surface area contributed by atoms with Gasteiger partial charge >= 0.3 is 0 Å². The molecule has 1 fully saturated rings. The molecule has 5 heteroatoms. The summed E-state index contributed by atoms with van der Waals surface area (Å²) in [4.78, 5) is 0.284. The molecule has 18 heavy (non-hydrogen) atoms. The van der Waals surface area contributed by atoms with E-state index < -0.39 is 21.4 Å². The second-order valence-electron chi connectivity index (χ2n) is 5.54.